The van der Waals surface area contributed by atoms with Crippen molar-refractivity contribution in [3.8, 4) is 11.1 Å². The van der Waals surface area contributed by atoms with Crippen molar-refractivity contribution in [1.29, 1.82) is 0 Å². The maximum atomic E-state index is 15.0. The van der Waals surface area contributed by atoms with E-state index in [0.29, 0.717) is 28.2 Å². The minimum atomic E-state index is -0.977. The number of hydrogen-bond donors (Lipinski definition) is 2. The molecular weight excluding hydrogens is 718 g/mol. The Hall–Kier alpha value is -5.76. The maximum Gasteiger partial charge on any atom is 0.413 e. The number of carbonyl (C=O) groups excluding carboxylic acids is 5. The molecule has 0 radical (unpaired) electrons. The zero-order valence-corrected chi connectivity index (χ0v) is 31.3. The first kappa shape index (κ1) is 35.9. The van der Waals surface area contributed by atoms with Gasteiger partial charge in [0.05, 0.1) is 11.1 Å². The molecule has 1 atom stereocenters. The highest BCUT2D eigenvalue weighted by Crippen LogP contribution is 2.50. The largest absolute Gasteiger partial charge is 0.446 e. The Kier molecular flexibility index (Phi) is 8.83. The van der Waals surface area contributed by atoms with Gasteiger partial charge in [0.25, 0.3) is 11.8 Å². The van der Waals surface area contributed by atoms with Gasteiger partial charge in [-0.2, -0.15) is 0 Å². The Morgan fingerprint density at radius 3 is 2.43 bits per heavy atom. The molecular formula is C42H42FN7O6. The van der Waals surface area contributed by atoms with Crippen molar-refractivity contribution < 1.29 is 33.1 Å². The van der Waals surface area contributed by atoms with E-state index in [0.717, 1.165) is 91.2 Å². The van der Waals surface area contributed by atoms with E-state index >= 15 is 4.39 Å². The molecule has 1 unspecified atom stereocenters. The fourth-order valence-corrected chi connectivity index (χ4v) is 9.23. The van der Waals surface area contributed by atoms with E-state index < -0.39 is 35.8 Å². The normalized spacial score (nSPS) is 21.2. The second-order valence-corrected chi connectivity index (χ2v) is 16.2. The predicted octanol–water partition coefficient (Wildman–Crippen LogP) is 5.38. The molecule has 3 saturated heterocycles. The molecule has 4 aromatic rings. The Bertz CT molecular complexity index is 2330. The third kappa shape index (κ3) is 6.55. The summed E-state index contributed by atoms with van der Waals surface area (Å²) in [5.41, 5.74) is 4.60. The molecule has 2 N–H and O–H groups in total. The second-order valence-electron chi connectivity index (χ2n) is 16.2. The number of nitrogens with one attached hydrogen (secondary N) is 2. The highest BCUT2D eigenvalue weighted by molar-refractivity contribution is 6.23. The first-order valence-corrected chi connectivity index (χ1v) is 19.3. The summed E-state index contributed by atoms with van der Waals surface area (Å²) in [5.74, 6) is -1.54. The lowest BCUT2D eigenvalue weighted by atomic mass is 9.61. The van der Waals surface area contributed by atoms with Crippen LogP contribution in [-0.2, 0) is 14.3 Å². The van der Waals surface area contributed by atoms with Crippen LogP contribution in [-0.4, -0.2) is 94.4 Å². The molecule has 13 nitrogen and oxygen atoms in total. The van der Waals surface area contributed by atoms with Gasteiger partial charge in [-0.1, -0.05) is 0 Å². The average Bonchev–Trinajstić information content (AvgIpc) is 3.37. The van der Waals surface area contributed by atoms with Crippen LogP contribution in [0.3, 0.4) is 0 Å². The van der Waals surface area contributed by atoms with E-state index in [2.05, 4.69) is 30.4 Å². The number of ether oxygens (including phenoxy) is 1. The number of pyridine rings is 2. The van der Waals surface area contributed by atoms with Crippen LogP contribution in [0.15, 0.2) is 54.9 Å². The number of benzene rings is 2. The molecule has 4 aliphatic heterocycles. The zero-order valence-electron chi connectivity index (χ0n) is 31.3. The monoisotopic (exact) mass is 759 g/mol. The molecule has 1 aliphatic carbocycles. The number of carbonyl (C=O) groups is 5. The molecule has 1 saturated carbocycles. The Balaban J connectivity index is 0.727. The topological polar surface area (TPSA) is 154 Å². The minimum Gasteiger partial charge on any atom is -0.446 e. The zero-order chi connectivity index (χ0) is 38.9. The number of anilines is 2. The Morgan fingerprint density at radius 2 is 1.68 bits per heavy atom. The van der Waals surface area contributed by atoms with Crippen molar-refractivity contribution in [3.63, 3.8) is 0 Å². The number of hydrogen-bond acceptors (Lipinski definition) is 10. The number of rotatable bonds is 7. The van der Waals surface area contributed by atoms with Gasteiger partial charge in [0.2, 0.25) is 11.8 Å². The van der Waals surface area contributed by atoms with Crippen LogP contribution < -0.4 is 15.5 Å². The van der Waals surface area contributed by atoms with Crippen molar-refractivity contribution >= 4 is 52.0 Å². The number of aryl methyl sites for hydroxylation is 2. The quantitative estimate of drug-likeness (QED) is 0.235. The molecule has 288 valence electrons. The molecule has 5 aliphatic rings. The molecule has 4 fully saturated rings. The van der Waals surface area contributed by atoms with Crippen molar-refractivity contribution in [2.45, 2.75) is 64.5 Å². The Morgan fingerprint density at radius 1 is 0.911 bits per heavy atom. The minimum absolute atomic E-state index is 0.0864. The highest BCUT2D eigenvalue weighted by atomic mass is 19.1. The third-order valence-electron chi connectivity index (χ3n) is 12.3. The average molecular weight is 760 g/mol. The second kappa shape index (κ2) is 13.8. The van der Waals surface area contributed by atoms with E-state index in [1.807, 2.05) is 26.0 Å². The number of piperidine rings is 2. The van der Waals surface area contributed by atoms with Gasteiger partial charge in [-0.15, -0.1) is 0 Å². The van der Waals surface area contributed by atoms with Crippen LogP contribution in [0.1, 0.15) is 70.5 Å². The number of amides is 5. The van der Waals surface area contributed by atoms with Gasteiger partial charge < -0.3 is 14.5 Å². The summed E-state index contributed by atoms with van der Waals surface area (Å²) >= 11 is 0. The summed E-state index contributed by atoms with van der Waals surface area (Å²) in [6.07, 6.45) is 6.53. The van der Waals surface area contributed by atoms with Gasteiger partial charge in [-0.3, -0.25) is 39.7 Å². The first-order valence-electron chi connectivity index (χ1n) is 19.3. The molecule has 2 aromatic carbocycles. The number of halogens is 1. The molecule has 14 heteroatoms. The van der Waals surface area contributed by atoms with Crippen molar-refractivity contribution in [2.75, 3.05) is 42.9 Å². The fraction of sp³-hybridized carbons (Fsp3) is 0.405. The molecule has 6 heterocycles. The predicted molar refractivity (Wildman–Crippen MR) is 204 cm³/mol. The smallest absolute Gasteiger partial charge is 0.413 e. The van der Waals surface area contributed by atoms with E-state index in [1.54, 1.807) is 36.7 Å². The van der Waals surface area contributed by atoms with E-state index in [4.69, 9.17) is 4.74 Å². The van der Waals surface area contributed by atoms with E-state index in [1.165, 1.54) is 6.07 Å². The van der Waals surface area contributed by atoms with Crippen LogP contribution >= 0.6 is 0 Å². The summed E-state index contributed by atoms with van der Waals surface area (Å²) in [5, 5.41) is 6.36. The standard InChI is InChI=1S/C42H42FN7O6/c1-23-11-24(2)44-19-33(23)31-12-26-14-36(45-18-27(26)13-34(31)43)46-41(55)56-29-16-42(17-29)7-9-48(10-8-42)20-25-21-49(22-25)28-3-4-30-32(15-28)40(54)50(39(30)53)35-5-6-37(51)47-38(35)52/h3-4,11-15,18-19,25,29,35H,5-10,16-17,20-22H2,1-2H3,(H,45,46,55)(H,47,51,52). The number of imide groups is 2. The summed E-state index contributed by atoms with van der Waals surface area (Å²) in [7, 11) is 0. The maximum absolute atomic E-state index is 15.0. The van der Waals surface area contributed by atoms with E-state index in [9.17, 15) is 24.0 Å². The van der Waals surface area contributed by atoms with Crippen LogP contribution in [0, 0.1) is 31.0 Å². The summed E-state index contributed by atoms with van der Waals surface area (Å²) in [6, 6.07) is 11.1. The fourth-order valence-electron chi connectivity index (χ4n) is 9.23. The van der Waals surface area contributed by atoms with Crippen LogP contribution in [0.25, 0.3) is 21.9 Å². The number of aromatic nitrogens is 2. The van der Waals surface area contributed by atoms with Gasteiger partial charge in [0, 0.05) is 72.3 Å². The van der Waals surface area contributed by atoms with Gasteiger partial charge in [-0.25, -0.2) is 14.2 Å². The molecule has 0 bridgehead atoms. The van der Waals surface area contributed by atoms with Crippen LogP contribution in [0.5, 0.6) is 0 Å². The van der Waals surface area contributed by atoms with Crippen LogP contribution in [0.4, 0.5) is 20.7 Å². The summed E-state index contributed by atoms with van der Waals surface area (Å²) in [6.45, 7) is 8.48. The van der Waals surface area contributed by atoms with Crippen molar-refractivity contribution in [1.82, 2.24) is 25.1 Å². The van der Waals surface area contributed by atoms with Gasteiger partial charge in [0.1, 0.15) is 23.8 Å². The lowest BCUT2D eigenvalue weighted by Crippen LogP contribution is -2.55. The SMILES string of the molecule is Cc1cc(C)c(-c2cc3cc(NC(=O)OC4CC5(CCN(CC6CN(c7ccc8c(c7)C(=O)N(C7CCC(=O)NC7=O)C8=O)C6)CC5)C4)ncc3cc2F)cn1. The molecule has 1 spiro atoms. The number of nitrogens with zero attached hydrogens (tertiary/aromatic N) is 5. The van der Waals surface area contributed by atoms with Crippen LogP contribution in [0.2, 0.25) is 0 Å². The van der Waals surface area contributed by atoms with E-state index in [-0.39, 0.29) is 35.7 Å². The third-order valence-corrected chi connectivity index (χ3v) is 12.3. The van der Waals surface area contributed by atoms with Gasteiger partial charge in [-0.05, 0) is 118 Å². The lowest BCUT2D eigenvalue weighted by molar-refractivity contribution is -0.136. The molecule has 2 aromatic heterocycles. The van der Waals surface area contributed by atoms with Crippen molar-refractivity contribution in [2.24, 2.45) is 11.3 Å². The Labute approximate surface area is 322 Å². The van der Waals surface area contributed by atoms with Gasteiger partial charge in [0.15, 0.2) is 0 Å². The lowest BCUT2D eigenvalue weighted by Gasteiger charge is -2.52. The highest BCUT2D eigenvalue weighted by Gasteiger charge is 2.48. The summed E-state index contributed by atoms with van der Waals surface area (Å²) < 4.78 is 20.8. The van der Waals surface area contributed by atoms with Crippen molar-refractivity contribution in [3.05, 3.63) is 83.1 Å². The number of likely N-dealkylation sites (tertiary alicyclic amines) is 1. The molecule has 9 rings (SSSR count). The first-order chi connectivity index (χ1) is 26.9. The van der Waals surface area contributed by atoms with Gasteiger partial charge >= 0.3 is 6.09 Å². The molecule has 5 amide bonds. The molecule has 56 heavy (non-hydrogen) atoms. The summed E-state index contributed by atoms with van der Waals surface area (Å²) in [4.78, 5) is 77.5. The number of fused-ring (bicyclic) bond motifs is 2.